The van der Waals surface area contributed by atoms with Crippen LogP contribution in [-0.2, 0) is 18.2 Å². The Bertz CT molecular complexity index is 1380. The van der Waals surface area contributed by atoms with Gasteiger partial charge in [0.1, 0.15) is 12.4 Å². The highest BCUT2D eigenvalue weighted by molar-refractivity contribution is 5.90. The molecule has 0 fully saturated rings. The molecular formula is C27H33N7O2. The standard InChI is InChI=1S/C27H33N7O2/c1-16-12-21(36-11-10-35-5)13-17(2)24(16)31-25-23-15-29-27(32-26(23)34(4)33-25)30-20-7-6-19-8-9-28-18(3)22(19)14-20/h6-7,12-15,18,28H,8-11H2,1-5H3,(H,31,33)(H,29,30,32). The summed E-state index contributed by atoms with van der Waals surface area (Å²) in [5.74, 6) is 2.08. The molecule has 4 aromatic rings. The Labute approximate surface area is 211 Å². The molecular weight excluding hydrogens is 454 g/mol. The van der Waals surface area contributed by atoms with Gasteiger partial charge in [0.25, 0.3) is 0 Å². The first-order valence-electron chi connectivity index (χ1n) is 12.3. The number of nitrogens with zero attached hydrogens (tertiary/aromatic N) is 4. The molecule has 0 spiro atoms. The molecule has 9 heteroatoms. The van der Waals surface area contributed by atoms with Crippen molar-refractivity contribution in [1.82, 2.24) is 25.1 Å². The van der Waals surface area contributed by atoms with E-state index in [1.165, 1.54) is 11.1 Å². The minimum absolute atomic E-state index is 0.336. The molecule has 2 aromatic carbocycles. The van der Waals surface area contributed by atoms with Crippen molar-refractivity contribution in [2.75, 3.05) is 37.5 Å². The number of ether oxygens (including phenoxy) is 2. The van der Waals surface area contributed by atoms with Gasteiger partial charge in [0.05, 0.1) is 12.0 Å². The van der Waals surface area contributed by atoms with Gasteiger partial charge < -0.3 is 25.4 Å². The fourth-order valence-electron chi connectivity index (χ4n) is 4.72. The molecule has 0 amide bonds. The number of aromatic nitrogens is 4. The van der Waals surface area contributed by atoms with E-state index in [0.717, 1.165) is 52.3 Å². The fourth-order valence-corrected chi connectivity index (χ4v) is 4.72. The van der Waals surface area contributed by atoms with E-state index in [0.29, 0.717) is 31.0 Å². The number of hydrogen-bond acceptors (Lipinski definition) is 8. The van der Waals surface area contributed by atoms with Gasteiger partial charge in [0, 0.05) is 37.8 Å². The third-order valence-corrected chi connectivity index (χ3v) is 6.60. The van der Waals surface area contributed by atoms with Gasteiger partial charge in [-0.2, -0.15) is 10.1 Å². The molecule has 2 aromatic heterocycles. The van der Waals surface area contributed by atoms with Crippen molar-refractivity contribution in [3.05, 3.63) is 58.8 Å². The molecule has 0 radical (unpaired) electrons. The van der Waals surface area contributed by atoms with Crippen LogP contribution < -0.4 is 20.7 Å². The maximum absolute atomic E-state index is 5.78. The largest absolute Gasteiger partial charge is 0.491 e. The zero-order valence-electron chi connectivity index (χ0n) is 21.5. The maximum Gasteiger partial charge on any atom is 0.229 e. The Kier molecular flexibility index (Phi) is 6.75. The minimum Gasteiger partial charge on any atom is -0.491 e. The van der Waals surface area contributed by atoms with Gasteiger partial charge in [-0.3, -0.25) is 0 Å². The summed E-state index contributed by atoms with van der Waals surface area (Å²) in [6.45, 7) is 8.39. The zero-order chi connectivity index (χ0) is 25.2. The number of methoxy groups -OCH3 is 1. The second kappa shape index (κ2) is 10.1. The lowest BCUT2D eigenvalue weighted by atomic mass is 9.95. The molecule has 3 N–H and O–H groups in total. The molecule has 0 saturated heterocycles. The van der Waals surface area contributed by atoms with E-state index in [9.17, 15) is 0 Å². The summed E-state index contributed by atoms with van der Waals surface area (Å²) in [4.78, 5) is 9.34. The Balaban J connectivity index is 1.38. The molecule has 0 saturated carbocycles. The third kappa shape index (κ3) is 4.84. The van der Waals surface area contributed by atoms with Crippen LogP contribution in [0.2, 0.25) is 0 Å². The molecule has 0 aliphatic carbocycles. The monoisotopic (exact) mass is 487 g/mol. The number of anilines is 4. The van der Waals surface area contributed by atoms with Crippen LogP contribution in [0.5, 0.6) is 5.75 Å². The summed E-state index contributed by atoms with van der Waals surface area (Å²) in [7, 11) is 3.56. The number of rotatable bonds is 8. The van der Waals surface area contributed by atoms with Gasteiger partial charge in [0.2, 0.25) is 5.95 Å². The first-order chi connectivity index (χ1) is 17.4. The molecule has 1 unspecified atom stereocenters. The van der Waals surface area contributed by atoms with Gasteiger partial charge in [-0.15, -0.1) is 0 Å². The Hall–Kier alpha value is -3.69. The van der Waals surface area contributed by atoms with Crippen molar-refractivity contribution < 1.29 is 9.47 Å². The van der Waals surface area contributed by atoms with E-state index in [1.807, 2.05) is 25.4 Å². The molecule has 3 heterocycles. The van der Waals surface area contributed by atoms with Crippen LogP contribution >= 0.6 is 0 Å². The molecule has 5 rings (SSSR count). The van der Waals surface area contributed by atoms with E-state index < -0.39 is 0 Å². The molecule has 36 heavy (non-hydrogen) atoms. The van der Waals surface area contributed by atoms with E-state index in [4.69, 9.17) is 14.5 Å². The van der Waals surface area contributed by atoms with E-state index in [-0.39, 0.29) is 0 Å². The average Bonchev–Trinajstić information content (AvgIpc) is 3.17. The minimum atomic E-state index is 0.336. The lowest BCUT2D eigenvalue weighted by molar-refractivity contribution is 0.146. The smallest absolute Gasteiger partial charge is 0.229 e. The average molecular weight is 488 g/mol. The SMILES string of the molecule is COCCOc1cc(C)c(Nc2nn(C)c3nc(Nc4ccc5c(c4)C(C)NCC5)ncc23)c(C)c1. The topological polar surface area (TPSA) is 98.2 Å². The Morgan fingerprint density at radius 3 is 2.69 bits per heavy atom. The predicted molar refractivity (Wildman–Crippen MR) is 143 cm³/mol. The van der Waals surface area contributed by atoms with Crippen LogP contribution in [0.25, 0.3) is 11.0 Å². The summed E-state index contributed by atoms with van der Waals surface area (Å²) in [6.07, 6.45) is 2.87. The number of fused-ring (bicyclic) bond motifs is 2. The van der Waals surface area contributed by atoms with Crippen molar-refractivity contribution in [3.8, 4) is 5.75 Å². The summed E-state index contributed by atoms with van der Waals surface area (Å²) < 4.78 is 12.6. The summed E-state index contributed by atoms with van der Waals surface area (Å²) in [6, 6.07) is 10.8. The van der Waals surface area contributed by atoms with E-state index in [1.54, 1.807) is 11.8 Å². The number of aryl methyl sites for hydroxylation is 3. The lowest BCUT2D eigenvalue weighted by Crippen LogP contribution is -2.27. The van der Waals surface area contributed by atoms with Crippen LogP contribution in [0.1, 0.15) is 35.2 Å². The van der Waals surface area contributed by atoms with Crippen LogP contribution in [0.3, 0.4) is 0 Å². The molecule has 9 nitrogen and oxygen atoms in total. The van der Waals surface area contributed by atoms with Crippen molar-refractivity contribution >= 4 is 34.2 Å². The molecule has 188 valence electrons. The van der Waals surface area contributed by atoms with E-state index >= 15 is 0 Å². The fraction of sp³-hybridized carbons (Fsp3) is 0.370. The molecule has 0 bridgehead atoms. The lowest BCUT2D eigenvalue weighted by Gasteiger charge is -2.24. The van der Waals surface area contributed by atoms with Gasteiger partial charge in [-0.05, 0) is 80.3 Å². The molecule has 1 aliphatic heterocycles. The van der Waals surface area contributed by atoms with E-state index in [2.05, 4.69) is 65.0 Å². The summed E-state index contributed by atoms with van der Waals surface area (Å²) in [5.41, 5.74) is 7.56. The molecule has 1 atom stereocenters. The second-order valence-electron chi connectivity index (χ2n) is 9.27. The van der Waals surface area contributed by atoms with Crippen molar-refractivity contribution in [3.63, 3.8) is 0 Å². The van der Waals surface area contributed by atoms with Gasteiger partial charge in [-0.1, -0.05) is 6.07 Å². The zero-order valence-corrected chi connectivity index (χ0v) is 21.5. The quantitative estimate of drug-likeness (QED) is 0.308. The summed E-state index contributed by atoms with van der Waals surface area (Å²) >= 11 is 0. The van der Waals surface area contributed by atoms with Crippen LogP contribution in [-0.4, -0.2) is 46.6 Å². The Morgan fingerprint density at radius 1 is 1.11 bits per heavy atom. The highest BCUT2D eigenvalue weighted by atomic mass is 16.5. The normalized spacial score (nSPS) is 15.1. The third-order valence-electron chi connectivity index (χ3n) is 6.60. The summed E-state index contributed by atoms with van der Waals surface area (Å²) in [5, 5.41) is 15.9. The van der Waals surface area contributed by atoms with Crippen LogP contribution in [0, 0.1) is 13.8 Å². The van der Waals surface area contributed by atoms with Gasteiger partial charge in [0.15, 0.2) is 11.5 Å². The van der Waals surface area contributed by atoms with Crippen molar-refractivity contribution in [2.45, 2.75) is 33.2 Å². The van der Waals surface area contributed by atoms with Crippen molar-refractivity contribution in [2.24, 2.45) is 7.05 Å². The number of nitrogens with one attached hydrogen (secondary N) is 3. The highest BCUT2D eigenvalue weighted by Gasteiger charge is 2.17. The van der Waals surface area contributed by atoms with Gasteiger partial charge >= 0.3 is 0 Å². The predicted octanol–water partition coefficient (Wildman–Crippen LogP) is 4.70. The Morgan fingerprint density at radius 2 is 1.92 bits per heavy atom. The molecule has 1 aliphatic rings. The van der Waals surface area contributed by atoms with Crippen LogP contribution in [0.4, 0.5) is 23.1 Å². The van der Waals surface area contributed by atoms with Gasteiger partial charge in [-0.25, -0.2) is 9.67 Å². The first kappa shape index (κ1) is 24.0. The van der Waals surface area contributed by atoms with Crippen molar-refractivity contribution in [1.29, 1.82) is 0 Å². The maximum atomic E-state index is 5.78. The first-order valence-corrected chi connectivity index (χ1v) is 12.3. The highest BCUT2D eigenvalue weighted by Crippen LogP contribution is 2.32. The number of benzene rings is 2. The van der Waals surface area contributed by atoms with Crippen LogP contribution in [0.15, 0.2) is 36.5 Å². The second-order valence-corrected chi connectivity index (χ2v) is 9.27. The number of hydrogen-bond donors (Lipinski definition) is 3.